The fourth-order valence-electron chi connectivity index (χ4n) is 2.33. The first-order chi connectivity index (χ1) is 12.8. The smallest absolute Gasteiger partial charge is 0.322 e. The van der Waals surface area contributed by atoms with E-state index in [0.29, 0.717) is 17.1 Å². The number of hydrogen-bond acceptors (Lipinski definition) is 6. The zero-order valence-corrected chi connectivity index (χ0v) is 16.0. The van der Waals surface area contributed by atoms with Gasteiger partial charge in [-0.15, -0.1) is 0 Å². The molecule has 0 atom stereocenters. The molecule has 0 aliphatic carbocycles. The van der Waals surface area contributed by atoms with Crippen molar-refractivity contribution in [2.75, 3.05) is 5.32 Å². The van der Waals surface area contributed by atoms with Crippen LogP contribution in [0, 0.1) is 17.0 Å². The number of rotatable bonds is 6. The van der Waals surface area contributed by atoms with Crippen molar-refractivity contribution in [1.29, 1.82) is 0 Å². The maximum Gasteiger partial charge on any atom is 0.322 e. The van der Waals surface area contributed by atoms with Gasteiger partial charge in [-0.3, -0.25) is 19.6 Å². The number of carbonyl (C=O) groups is 1. The molecule has 0 aliphatic heterocycles. The Morgan fingerprint density at radius 3 is 2.74 bits per heavy atom. The summed E-state index contributed by atoms with van der Waals surface area (Å²) in [4.78, 5) is 22.9. The number of halogens is 1. The minimum absolute atomic E-state index is 0.139. The number of nitrogens with zero attached hydrogens (tertiary/aromatic N) is 5. The van der Waals surface area contributed by atoms with Crippen LogP contribution in [0.5, 0.6) is 5.75 Å². The summed E-state index contributed by atoms with van der Waals surface area (Å²) >= 11 is 3.34. The number of ether oxygens (including phenoxy) is 1. The highest BCUT2D eigenvalue weighted by Crippen LogP contribution is 2.23. The Kier molecular flexibility index (Phi) is 5.21. The van der Waals surface area contributed by atoms with Crippen LogP contribution in [0.15, 0.2) is 41.1 Å². The van der Waals surface area contributed by atoms with Crippen molar-refractivity contribution >= 4 is 33.2 Å². The van der Waals surface area contributed by atoms with Gasteiger partial charge in [0, 0.05) is 11.5 Å². The van der Waals surface area contributed by atoms with E-state index < -0.39 is 10.8 Å². The molecule has 11 heteroatoms. The number of carbonyl (C=O) groups excluding carboxylic acids is 1. The van der Waals surface area contributed by atoms with Crippen molar-refractivity contribution in [1.82, 2.24) is 19.6 Å². The molecule has 3 rings (SSSR count). The van der Waals surface area contributed by atoms with Crippen molar-refractivity contribution in [3.8, 4) is 5.75 Å². The molecule has 0 radical (unpaired) electrons. The largest absolute Gasteiger partial charge is 0.471 e. The lowest BCUT2D eigenvalue weighted by atomic mass is 10.3. The Hall–Kier alpha value is -3.21. The van der Waals surface area contributed by atoms with E-state index in [4.69, 9.17) is 4.74 Å². The third-order valence-electron chi connectivity index (χ3n) is 3.77. The quantitative estimate of drug-likeness (QED) is 0.470. The highest BCUT2D eigenvalue weighted by molar-refractivity contribution is 9.10. The van der Waals surface area contributed by atoms with Crippen LogP contribution in [-0.4, -0.2) is 30.4 Å². The van der Waals surface area contributed by atoms with Crippen LogP contribution >= 0.6 is 15.9 Å². The molecule has 1 N–H and O–H groups in total. The van der Waals surface area contributed by atoms with Gasteiger partial charge in [0.1, 0.15) is 11.4 Å². The summed E-state index contributed by atoms with van der Waals surface area (Å²) in [7, 11) is 1.54. The second kappa shape index (κ2) is 7.58. The lowest BCUT2D eigenvalue weighted by molar-refractivity contribution is -0.385. The lowest BCUT2D eigenvalue weighted by Gasteiger charge is -2.05. The van der Waals surface area contributed by atoms with Gasteiger partial charge in [0.2, 0.25) is 5.69 Å². The molecule has 1 amide bonds. The number of hydrogen-bond donors (Lipinski definition) is 1. The zero-order chi connectivity index (χ0) is 19.6. The molecule has 3 aromatic rings. The van der Waals surface area contributed by atoms with Gasteiger partial charge in [-0.25, -0.2) is 4.68 Å². The zero-order valence-electron chi connectivity index (χ0n) is 14.4. The summed E-state index contributed by atoms with van der Waals surface area (Å²) in [6.07, 6.45) is 2.98. The highest BCUT2D eigenvalue weighted by atomic mass is 79.9. The van der Waals surface area contributed by atoms with Gasteiger partial charge in [0.25, 0.3) is 5.91 Å². The van der Waals surface area contributed by atoms with Crippen molar-refractivity contribution in [3.63, 3.8) is 0 Å². The third kappa shape index (κ3) is 4.14. The van der Waals surface area contributed by atoms with Gasteiger partial charge in [-0.2, -0.15) is 10.2 Å². The van der Waals surface area contributed by atoms with Gasteiger partial charge < -0.3 is 10.1 Å². The minimum atomic E-state index is -0.682. The van der Waals surface area contributed by atoms with Crippen molar-refractivity contribution < 1.29 is 14.5 Å². The number of nitrogens with one attached hydrogen (secondary N) is 1. The first kappa shape index (κ1) is 18.6. The normalized spacial score (nSPS) is 10.6. The lowest BCUT2D eigenvalue weighted by Crippen LogP contribution is -2.14. The van der Waals surface area contributed by atoms with E-state index in [2.05, 4.69) is 31.4 Å². The molecule has 0 unspecified atom stereocenters. The van der Waals surface area contributed by atoms with Gasteiger partial charge in [0.05, 0.1) is 23.0 Å². The van der Waals surface area contributed by atoms with Crippen molar-refractivity contribution in [2.45, 2.75) is 13.7 Å². The number of aromatic nitrogens is 4. The summed E-state index contributed by atoms with van der Waals surface area (Å²) in [6.45, 7) is 1.67. The second-order valence-electron chi connectivity index (χ2n) is 5.61. The van der Waals surface area contributed by atoms with Gasteiger partial charge in [-0.1, -0.05) is 15.9 Å². The number of nitro groups is 1. The number of anilines is 1. The first-order valence-corrected chi connectivity index (χ1v) is 8.54. The molecule has 0 saturated carbocycles. The van der Waals surface area contributed by atoms with E-state index in [0.717, 1.165) is 4.47 Å². The molecule has 0 spiro atoms. The molecule has 2 heterocycles. The van der Waals surface area contributed by atoms with Gasteiger partial charge in [0.15, 0.2) is 6.73 Å². The average Bonchev–Trinajstić information content (AvgIpc) is 3.19. The third-order valence-corrected chi connectivity index (χ3v) is 4.30. The second-order valence-corrected chi connectivity index (χ2v) is 6.53. The van der Waals surface area contributed by atoms with Crippen LogP contribution in [0.3, 0.4) is 0 Å². The molecule has 27 heavy (non-hydrogen) atoms. The van der Waals surface area contributed by atoms with E-state index in [1.54, 1.807) is 18.3 Å². The van der Waals surface area contributed by atoms with E-state index in [-0.39, 0.29) is 18.1 Å². The van der Waals surface area contributed by atoms with Crippen LogP contribution in [-0.2, 0) is 13.8 Å². The maximum atomic E-state index is 12.4. The number of aryl methyl sites for hydroxylation is 1. The molecule has 0 aliphatic rings. The van der Waals surface area contributed by atoms with Crippen LogP contribution < -0.4 is 10.1 Å². The summed E-state index contributed by atoms with van der Waals surface area (Å²) in [5.74, 6) is -0.0161. The van der Waals surface area contributed by atoms with Gasteiger partial charge >= 0.3 is 5.69 Å². The molecular weight excluding hydrogens is 420 g/mol. The molecule has 1 aromatic carbocycles. The number of benzene rings is 1. The van der Waals surface area contributed by atoms with E-state index in [9.17, 15) is 14.9 Å². The standard InChI is InChI=1S/C16H15BrN6O4/c1-10-15(23(25)26)14(20-21(10)2)16(24)19-12-7-18-22(8-12)9-27-13-5-3-11(17)4-6-13/h3-8H,9H2,1-2H3,(H,19,24). The average molecular weight is 435 g/mol. The minimum Gasteiger partial charge on any atom is -0.471 e. The predicted octanol–water partition coefficient (Wildman–Crippen LogP) is 2.88. The Morgan fingerprint density at radius 1 is 1.37 bits per heavy atom. The topological polar surface area (TPSA) is 117 Å². The fraction of sp³-hybridized carbons (Fsp3) is 0.188. The fourth-order valence-corrected chi connectivity index (χ4v) is 2.59. The van der Waals surface area contributed by atoms with Crippen LogP contribution in [0.1, 0.15) is 16.2 Å². The molecule has 0 bridgehead atoms. The Labute approximate surface area is 162 Å². The Balaban J connectivity index is 1.67. The molecule has 2 aromatic heterocycles. The van der Waals surface area contributed by atoms with E-state index in [1.807, 2.05) is 12.1 Å². The Morgan fingerprint density at radius 2 is 2.07 bits per heavy atom. The first-order valence-electron chi connectivity index (χ1n) is 7.75. The maximum absolute atomic E-state index is 12.4. The number of amides is 1. The van der Waals surface area contributed by atoms with Crippen LogP contribution in [0.2, 0.25) is 0 Å². The van der Waals surface area contributed by atoms with Crippen LogP contribution in [0.4, 0.5) is 11.4 Å². The summed E-state index contributed by atoms with van der Waals surface area (Å²) < 4.78 is 9.30. The van der Waals surface area contributed by atoms with Crippen molar-refractivity contribution in [2.24, 2.45) is 7.05 Å². The summed E-state index contributed by atoms with van der Waals surface area (Å²) in [5, 5.41) is 21.8. The molecule has 140 valence electrons. The summed E-state index contributed by atoms with van der Waals surface area (Å²) in [5.41, 5.74) is 0.0978. The predicted molar refractivity (Wildman–Crippen MR) is 99.5 cm³/mol. The van der Waals surface area contributed by atoms with E-state index >= 15 is 0 Å². The SMILES string of the molecule is Cc1c([N+](=O)[O-])c(C(=O)Nc2cnn(COc3ccc(Br)cc3)c2)nn1C. The monoisotopic (exact) mass is 434 g/mol. The molecular formula is C16H15BrN6O4. The molecule has 0 fully saturated rings. The Bertz CT molecular complexity index is 995. The summed E-state index contributed by atoms with van der Waals surface area (Å²) in [6, 6.07) is 7.31. The molecule has 10 nitrogen and oxygen atoms in total. The van der Waals surface area contributed by atoms with E-state index in [1.165, 1.54) is 29.5 Å². The van der Waals surface area contributed by atoms with Crippen LogP contribution in [0.25, 0.3) is 0 Å². The van der Waals surface area contributed by atoms with Gasteiger partial charge in [-0.05, 0) is 31.2 Å². The molecule has 0 saturated heterocycles. The van der Waals surface area contributed by atoms with Crippen molar-refractivity contribution in [3.05, 3.63) is 62.6 Å². The highest BCUT2D eigenvalue weighted by Gasteiger charge is 2.29.